The molecule has 0 saturated heterocycles. The van der Waals surface area contributed by atoms with Gasteiger partial charge in [-0.05, 0) is 31.1 Å². The summed E-state index contributed by atoms with van der Waals surface area (Å²) in [4.78, 5) is 37.8. The van der Waals surface area contributed by atoms with E-state index in [1.165, 1.54) is 167 Å². The maximum absolute atomic E-state index is 12.7. The van der Waals surface area contributed by atoms with Crippen LogP contribution in [0.25, 0.3) is 0 Å². The summed E-state index contributed by atoms with van der Waals surface area (Å²) in [6.45, 7) is 11.3. The van der Waals surface area contributed by atoms with Gasteiger partial charge < -0.3 is 14.2 Å². The zero-order chi connectivity index (χ0) is 41.9. The first-order chi connectivity index (χ1) is 27.7. The lowest BCUT2D eigenvalue weighted by atomic mass is 10.0. The van der Waals surface area contributed by atoms with Gasteiger partial charge in [0.05, 0.1) is 0 Å². The molecule has 6 heteroatoms. The number of rotatable bonds is 45. The van der Waals surface area contributed by atoms with Crippen LogP contribution in [-0.2, 0) is 28.6 Å². The standard InChI is InChI=1S/C51H98O6/c1-6-7-8-9-10-11-12-13-14-15-16-17-18-21-26-31-36-41-49(52)55-44-48(57-51(54)43-38-33-28-23-25-30-35-40-47(4)5)45-56-50(53)42-37-32-27-22-19-20-24-29-34-39-46(2)3/h46-48H,6-45H2,1-5H3/t48-/m1/s1. The number of hydrogen-bond acceptors (Lipinski definition) is 6. The molecule has 57 heavy (non-hydrogen) atoms. The zero-order valence-corrected chi connectivity index (χ0v) is 39.0. The van der Waals surface area contributed by atoms with Crippen LogP contribution in [0.1, 0.15) is 279 Å². The minimum atomic E-state index is -0.762. The Balaban J connectivity index is 4.26. The van der Waals surface area contributed by atoms with Gasteiger partial charge in [-0.3, -0.25) is 14.4 Å². The Labute approximate surface area is 355 Å². The van der Waals surface area contributed by atoms with Crippen LogP contribution >= 0.6 is 0 Å². The lowest BCUT2D eigenvalue weighted by Crippen LogP contribution is -2.30. The molecule has 0 amide bonds. The lowest BCUT2D eigenvalue weighted by Gasteiger charge is -2.18. The first-order valence-electron chi connectivity index (χ1n) is 25.2. The second kappa shape index (κ2) is 44.0. The summed E-state index contributed by atoms with van der Waals surface area (Å²) in [6, 6.07) is 0. The van der Waals surface area contributed by atoms with Gasteiger partial charge in [-0.1, -0.05) is 240 Å². The second-order valence-electron chi connectivity index (χ2n) is 18.4. The Morgan fingerprint density at radius 3 is 0.860 bits per heavy atom. The highest BCUT2D eigenvalue weighted by Gasteiger charge is 2.19. The largest absolute Gasteiger partial charge is 0.462 e. The van der Waals surface area contributed by atoms with E-state index in [0.717, 1.165) is 69.6 Å². The molecule has 0 aromatic heterocycles. The van der Waals surface area contributed by atoms with Gasteiger partial charge in [-0.2, -0.15) is 0 Å². The molecule has 0 saturated carbocycles. The quantitative estimate of drug-likeness (QED) is 0.0346. The molecule has 0 N–H and O–H groups in total. The van der Waals surface area contributed by atoms with E-state index in [1.54, 1.807) is 0 Å². The average molecular weight is 807 g/mol. The molecule has 338 valence electrons. The predicted molar refractivity (Wildman–Crippen MR) is 243 cm³/mol. The third-order valence-corrected chi connectivity index (χ3v) is 11.5. The van der Waals surface area contributed by atoms with E-state index >= 15 is 0 Å². The van der Waals surface area contributed by atoms with Crippen LogP contribution in [-0.4, -0.2) is 37.2 Å². The van der Waals surface area contributed by atoms with Crippen molar-refractivity contribution < 1.29 is 28.6 Å². The smallest absolute Gasteiger partial charge is 0.306 e. The van der Waals surface area contributed by atoms with E-state index < -0.39 is 6.10 Å². The Hall–Kier alpha value is -1.59. The maximum atomic E-state index is 12.7. The van der Waals surface area contributed by atoms with Gasteiger partial charge in [0.25, 0.3) is 0 Å². The molecule has 0 aromatic carbocycles. The molecule has 1 atom stereocenters. The van der Waals surface area contributed by atoms with Gasteiger partial charge >= 0.3 is 17.9 Å². The molecule has 6 nitrogen and oxygen atoms in total. The molecule has 0 heterocycles. The van der Waals surface area contributed by atoms with Crippen LogP contribution in [0.5, 0.6) is 0 Å². The van der Waals surface area contributed by atoms with Crippen molar-refractivity contribution in [3.05, 3.63) is 0 Å². The van der Waals surface area contributed by atoms with Crippen molar-refractivity contribution in [2.75, 3.05) is 13.2 Å². The van der Waals surface area contributed by atoms with Gasteiger partial charge in [0.2, 0.25) is 0 Å². The van der Waals surface area contributed by atoms with E-state index in [1.807, 2.05) is 0 Å². The number of hydrogen-bond donors (Lipinski definition) is 0. The van der Waals surface area contributed by atoms with Crippen molar-refractivity contribution in [1.82, 2.24) is 0 Å². The summed E-state index contributed by atoms with van der Waals surface area (Å²) in [7, 11) is 0. The van der Waals surface area contributed by atoms with Gasteiger partial charge in [0, 0.05) is 19.3 Å². The Kier molecular flexibility index (Phi) is 42.7. The molecule has 0 aliphatic carbocycles. The van der Waals surface area contributed by atoms with Crippen LogP contribution in [0.2, 0.25) is 0 Å². The van der Waals surface area contributed by atoms with Crippen molar-refractivity contribution in [1.29, 1.82) is 0 Å². The fourth-order valence-electron chi connectivity index (χ4n) is 7.64. The fraction of sp³-hybridized carbons (Fsp3) is 0.941. The van der Waals surface area contributed by atoms with Crippen LogP contribution in [0.15, 0.2) is 0 Å². The van der Waals surface area contributed by atoms with Crippen molar-refractivity contribution in [2.24, 2.45) is 11.8 Å². The summed E-state index contributed by atoms with van der Waals surface area (Å²) < 4.78 is 16.8. The molecule has 0 spiro atoms. The number of carbonyl (C=O) groups excluding carboxylic acids is 3. The Morgan fingerprint density at radius 1 is 0.333 bits per heavy atom. The third-order valence-electron chi connectivity index (χ3n) is 11.5. The molecule has 0 rings (SSSR count). The molecule has 0 bridgehead atoms. The van der Waals surface area contributed by atoms with E-state index in [-0.39, 0.29) is 31.1 Å². The lowest BCUT2D eigenvalue weighted by molar-refractivity contribution is -0.167. The van der Waals surface area contributed by atoms with Gasteiger partial charge in [-0.25, -0.2) is 0 Å². The Bertz CT molecular complexity index is 870. The first kappa shape index (κ1) is 55.4. The molecule has 0 aliphatic rings. The number of carbonyl (C=O) groups is 3. The predicted octanol–water partition coefficient (Wildman–Crippen LogP) is 16.1. The van der Waals surface area contributed by atoms with E-state index in [2.05, 4.69) is 34.6 Å². The Morgan fingerprint density at radius 2 is 0.579 bits per heavy atom. The van der Waals surface area contributed by atoms with Crippen LogP contribution in [0.4, 0.5) is 0 Å². The molecule has 0 fully saturated rings. The number of unbranched alkanes of at least 4 members (excludes halogenated alkanes) is 30. The SMILES string of the molecule is CCCCCCCCCCCCCCCCCCCC(=O)OC[C@H](COC(=O)CCCCCCCCCCCC(C)C)OC(=O)CCCCCCCCCC(C)C. The minimum absolute atomic E-state index is 0.0648. The zero-order valence-electron chi connectivity index (χ0n) is 39.0. The van der Waals surface area contributed by atoms with Crippen LogP contribution < -0.4 is 0 Å². The average Bonchev–Trinajstić information content (AvgIpc) is 3.18. The van der Waals surface area contributed by atoms with Gasteiger partial charge in [0.15, 0.2) is 6.10 Å². The maximum Gasteiger partial charge on any atom is 0.306 e. The van der Waals surface area contributed by atoms with Gasteiger partial charge in [0.1, 0.15) is 13.2 Å². The molecule has 0 unspecified atom stereocenters. The molecule has 0 radical (unpaired) electrons. The summed E-state index contributed by atoms with van der Waals surface area (Å²) in [5, 5.41) is 0. The van der Waals surface area contributed by atoms with Crippen LogP contribution in [0.3, 0.4) is 0 Å². The second-order valence-corrected chi connectivity index (χ2v) is 18.4. The third kappa shape index (κ3) is 45.3. The summed E-state index contributed by atoms with van der Waals surface area (Å²) in [5.41, 5.74) is 0. The van der Waals surface area contributed by atoms with E-state index in [4.69, 9.17) is 14.2 Å². The molecule has 0 aromatic rings. The highest BCUT2D eigenvalue weighted by atomic mass is 16.6. The summed E-state index contributed by atoms with van der Waals surface area (Å²) in [5.74, 6) is 0.732. The van der Waals surface area contributed by atoms with E-state index in [0.29, 0.717) is 19.3 Å². The van der Waals surface area contributed by atoms with Crippen LogP contribution in [0, 0.1) is 11.8 Å². The normalized spacial score (nSPS) is 12.1. The number of ether oxygens (including phenoxy) is 3. The highest BCUT2D eigenvalue weighted by molar-refractivity contribution is 5.71. The molecule has 0 aliphatic heterocycles. The van der Waals surface area contributed by atoms with Crippen molar-refractivity contribution >= 4 is 17.9 Å². The van der Waals surface area contributed by atoms with Crippen molar-refractivity contribution in [3.63, 3.8) is 0 Å². The summed E-state index contributed by atoms with van der Waals surface area (Å²) >= 11 is 0. The minimum Gasteiger partial charge on any atom is -0.462 e. The summed E-state index contributed by atoms with van der Waals surface area (Å²) in [6.07, 6.45) is 43.9. The molecular weight excluding hydrogens is 709 g/mol. The monoisotopic (exact) mass is 807 g/mol. The highest BCUT2D eigenvalue weighted by Crippen LogP contribution is 2.17. The topological polar surface area (TPSA) is 78.9 Å². The first-order valence-corrected chi connectivity index (χ1v) is 25.2. The van der Waals surface area contributed by atoms with Crippen molar-refractivity contribution in [3.8, 4) is 0 Å². The van der Waals surface area contributed by atoms with E-state index in [9.17, 15) is 14.4 Å². The fourth-order valence-corrected chi connectivity index (χ4v) is 7.64. The van der Waals surface area contributed by atoms with Gasteiger partial charge in [-0.15, -0.1) is 0 Å². The van der Waals surface area contributed by atoms with Crippen molar-refractivity contribution in [2.45, 2.75) is 285 Å². The number of esters is 3. The molecular formula is C51H98O6.